The topological polar surface area (TPSA) is 141 Å². The van der Waals surface area contributed by atoms with Crippen LogP contribution in [0.1, 0.15) is 19.3 Å². The van der Waals surface area contributed by atoms with Gasteiger partial charge in [0, 0.05) is 19.5 Å². The van der Waals surface area contributed by atoms with E-state index in [0.717, 1.165) is 12.8 Å². The molecule has 9 heteroatoms. The number of carbonyl (C=O) groups is 1. The van der Waals surface area contributed by atoms with Crippen molar-refractivity contribution in [1.29, 1.82) is 0 Å². The second kappa shape index (κ2) is 5.68. The normalized spacial score (nSPS) is 16.1. The predicted molar refractivity (Wildman–Crippen MR) is 71.8 cm³/mol. The van der Waals surface area contributed by atoms with E-state index in [4.69, 9.17) is 11.5 Å². The van der Waals surface area contributed by atoms with E-state index in [2.05, 4.69) is 9.97 Å². The van der Waals surface area contributed by atoms with E-state index in [-0.39, 0.29) is 29.1 Å². The minimum atomic E-state index is -0.569. The van der Waals surface area contributed by atoms with Crippen LogP contribution in [0.3, 0.4) is 0 Å². The number of nitro groups is 1. The van der Waals surface area contributed by atoms with Gasteiger partial charge in [0.2, 0.25) is 17.5 Å². The number of hydrogen-bond donors (Lipinski definition) is 2. The molecule has 0 atom stereocenters. The maximum Gasteiger partial charge on any atom is 0.353 e. The molecular formula is C11H16N6O3. The fourth-order valence-corrected chi connectivity index (χ4v) is 2.42. The lowest BCUT2D eigenvalue weighted by atomic mass is 9.93. The zero-order valence-electron chi connectivity index (χ0n) is 10.9. The summed E-state index contributed by atoms with van der Waals surface area (Å²) >= 11 is 0. The van der Waals surface area contributed by atoms with Gasteiger partial charge in [0.15, 0.2) is 0 Å². The fourth-order valence-electron chi connectivity index (χ4n) is 2.42. The largest absolute Gasteiger partial charge is 0.378 e. The van der Waals surface area contributed by atoms with Crippen molar-refractivity contribution in [2.75, 3.05) is 23.7 Å². The molecule has 1 aliphatic heterocycles. The first kappa shape index (κ1) is 14.0. The standard InChI is InChI=1S/C11H16N6O3/c12-8(18)5-7-1-3-16(4-2-7)11-9(17(19)20)10(13)14-6-15-11/h6-7H,1-5H2,(H2,12,18)(H2,13,14,15). The van der Waals surface area contributed by atoms with Crippen LogP contribution in [0.4, 0.5) is 17.3 Å². The maximum absolute atomic E-state index is 11.1. The Hall–Kier alpha value is -2.45. The molecule has 1 aromatic heterocycles. The Labute approximate surface area is 115 Å². The van der Waals surface area contributed by atoms with E-state index in [1.807, 2.05) is 0 Å². The van der Waals surface area contributed by atoms with Crippen molar-refractivity contribution in [3.05, 3.63) is 16.4 Å². The number of hydrogen-bond acceptors (Lipinski definition) is 7. The molecular weight excluding hydrogens is 264 g/mol. The van der Waals surface area contributed by atoms with E-state index in [1.54, 1.807) is 4.90 Å². The summed E-state index contributed by atoms with van der Waals surface area (Å²) in [6.45, 7) is 1.16. The lowest BCUT2D eigenvalue weighted by Gasteiger charge is -2.31. The molecule has 1 amide bonds. The van der Waals surface area contributed by atoms with E-state index < -0.39 is 4.92 Å². The number of rotatable bonds is 4. The number of piperidine rings is 1. The van der Waals surface area contributed by atoms with Crippen LogP contribution in [0.15, 0.2) is 6.33 Å². The Balaban J connectivity index is 2.13. The molecule has 2 rings (SSSR count). The molecule has 4 N–H and O–H groups in total. The summed E-state index contributed by atoms with van der Waals surface area (Å²) in [5.74, 6) is 0.00184. The molecule has 0 aromatic carbocycles. The quantitative estimate of drug-likeness (QED) is 0.586. The van der Waals surface area contributed by atoms with Crippen molar-refractivity contribution in [3.63, 3.8) is 0 Å². The number of amides is 1. The van der Waals surface area contributed by atoms with Crippen molar-refractivity contribution in [2.24, 2.45) is 11.7 Å². The Bertz CT molecular complexity index is 527. The van der Waals surface area contributed by atoms with E-state index in [0.29, 0.717) is 19.5 Å². The highest BCUT2D eigenvalue weighted by Crippen LogP contribution is 2.32. The van der Waals surface area contributed by atoms with Crippen LogP contribution in [0.5, 0.6) is 0 Å². The van der Waals surface area contributed by atoms with Gasteiger partial charge in [-0.2, -0.15) is 0 Å². The maximum atomic E-state index is 11.1. The molecule has 0 saturated carbocycles. The van der Waals surface area contributed by atoms with Gasteiger partial charge in [-0.3, -0.25) is 14.9 Å². The molecule has 1 aromatic rings. The van der Waals surface area contributed by atoms with Gasteiger partial charge >= 0.3 is 5.69 Å². The van der Waals surface area contributed by atoms with Gasteiger partial charge in [-0.25, -0.2) is 9.97 Å². The molecule has 1 saturated heterocycles. The van der Waals surface area contributed by atoms with E-state index in [9.17, 15) is 14.9 Å². The van der Waals surface area contributed by atoms with Crippen LogP contribution in [0.2, 0.25) is 0 Å². The van der Waals surface area contributed by atoms with E-state index in [1.165, 1.54) is 6.33 Å². The summed E-state index contributed by atoms with van der Waals surface area (Å²) < 4.78 is 0. The van der Waals surface area contributed by atoms with Crippen molar-refractivity contribution < 1.29 is 9.72 Å². The highest BCUT2D eigenvalue weighted by molar-refractivity contribution is 5.74. The van der Waals surface area contributed by atoms with Gasteiger partial charge in [-0.05, 0) is 18.8 Å². The van der Waals surface area contributed by atoms with Crippen LogP contribution in [0.25, 0.3) is 0 Å². The van der Waals surface area contributed by atoms with Crippen LogP contribution in [-0.4, -0.2) is 33.9 Å². The van der Waals surface area contributed by atoms with Gasteiger partial charge in [-0.15, -0.1) is 0 Å². The van der Waals surface area contributed by atoms with Gasteiger partial charge in [0.25, 0.3) is 0 Å². The Morgan fingerprint density at radius 3 is 2.65 bits per heavy atom. The van der Waals surface area contributed by atoms with Crippen LogP contribution < -0.4 is 16.4 Å². The number of nitrogens with two attached hydrogens (primary N) is 2. The molecule has 0 radical (unpaired) electrons. The van der Waals surface area contributed by atoms with Gasteiger partial charge < -0.3 is 16.4 Å². The average Bonchev–Trinajstić information content (AvgIpc) is 2.38. The molecule has 1 aliphatic rings. The first-order valence-corrected chi connectivity index (χ1v) is 6.27. The van der Waals surface area contributed by atoms with Crippen molar-refractivity contribution >= 4 is 23.2 Å². The summed E-state index contributed by atoms with van der Waals surface area (Å²) in [7, 11) is 0. The second-order valence-corrected chi connectivity index (χ2v) is 4.79. The minimum Gasteiger partial charge on any atom is -0.378 e. The molecule has 108 valence electrons. The highest BCUT2D eigenvalue weighted by atomic mass is 16.6. The molecule has 0 aliphatic carbocycles. The third-order valence-electron chi connectivity index (χ3n) is 3.42. The Morgan fingerprint density at radius 1 is 1.45 bits per heavy atom. The second-order valence-electron chi connectivity index (χ2n) is 4.79. The molecule has 9 nitrogen and oxygen atoms in total. The summed E-state index contributed by atoms with van der Waals surface area (Å²) in [6.07, 6.45) is 3.04. The molecule has 0 bridgehead atoms. The van der Waals surface area contributed by atoms with Crippen LogP contribution in [0, 0.1) is 16.0 Å². The monoisotopic (exact) mass is 280 g/mol. The van der Waals surface area contributed by atoms with Crippen LogP contribution in [-0.2, 0) is 4.79 Å². The lowest BCUT2D eigenvalue weighted by Crippen LogP contribution is -2.36. The third kappa shape index (κ3) is 2.92. The first-order chi connectivity index (χ1) is 9.49. The number of aromatic nitrogens is 2. The summed E-state index contributed by atoms with van der Waals surface area (Å²) in [5, 5.41) is 11.1. The highest BCUT2D eigenvalue weighted by Gasteiger charge is 2.29. The minimum absolute atomic E-state index is 0.140. The van der Waals surface area contributed by atoms with Crippen molar-refractivity contribution in [1.82, 2.24) is 9.97 Å². The smallest absolute Gasteiger partial charge is 0.353 e. The first-order valence-electron chi connectivity index (χ1n) is 6.27. The summed E-state index contributed by atoms with van der Waals surface area (Å²) in [6, 6.07) is 0. The number of nitrogens with zero attached hydrogens (tertiary/aromatic N) is 4. The Morgan fingerprint density at radius 2 is 2.10 bits per heavy atom. The van der Waals surface area contributed by atoms with Gasteiger partial charge in [0.05, 0.1) is 4.92 Å². The molecule has 0 unspecified atom stereocenters. The van der Waals surface area contributed by atoms with Gasteiger partial charge in [0.1, 0.15) is 6.33 Å². The molecule has 0 spiro atoms. The lowest BCUT2D eigenvalue weighted by molar-refractivity contribution is -0.383. The molecule has 1 fully saturated rings. The summed E-state index contributed by atoms with van der Waals surface area (Å²) in [5.41, 5.74) is 10.5. The third-order valence-corrected chi connectivity index (χ3v) is 3.42. The SMILES string of the molecule is NC(=O)CC1CCN(c2ncnc(N)c2[N+](=O)[O-])CC1. The average molecular weight is 280 g/mol. The van der Waals surface area contributed by atoms with Crippen molar-refractivity contribution in [2.45, 2.75) is 19.3 Å². The predicted octanol–water partition coefficient (Wildman–Crippen LogP) is 0.0588. The molecule has 20 heavy (non-hydrogen) atoms. The molecule has 2 heterocycles. The number of primary amides is 1. The number of anilines is 2. The number of carbonyl (C=O) groups excluding carboxylic acids is 1. The zero-order valence-corrected chi connectivity index (χ0v) is 10.9. The van der Waals surface area contributed by atoms with E-state index >= 15 is 0 Å². The Kier molecular flexibility index (Phi) is 3.97. The summed E-state index contributed by atoms with van der Waals surface area (Å²) in [4.78, 5) is 30.8. The van der Waals surface area contributed by atoms with Crippen molar-refractivity contribution in [3.8, 4) is 0 Å². The zero-order chi connectivity index (χ0) is 14.7. The van der Waals surface area contributed by atoms with Gasteiger partial charge in [-0.1, -0.05) is 0 Å². The number of nitrogen functional groups attached to an aromatic ring is 1. The van der Waals surface area contributed by atoms with Crippen LogP contribution >= 0.6 is 0 Å². The fraction of sp³-hybridized carbons (Fsp3) is 0.545.